The number of ether oxygens (including phenoxy) is 1. The highest BCUT2D eigenvalue weighted by Crippen LogP contribution is 2.34. The van der Waals surface area contributed by atoms with Gasteiger partial charge in [-0.15, -0.1) is 0 Å². The summed E-state index contributed by atoms with van der Waals surface area (Å²) in [7, 11) is 0. The molecule has 31 heavy (non-hydrogen) atoms. The van der Waals surface area contributed by atoms with Crippen molar-refractivity contribution >= 4 is 45.9 Å². The molecule has 1 amide bonds. The number of carbonyl (C=O) groups is 1. The maximum Gasteiger partial charge on any atom is 0.269 e. The van der Waals surface area contributed by atoms with Gasteiger partial charge in [-0.1, -0.05) is 61.6 Å². The zero-order chi connectivity index (χ0) is 22.0. The lowest BCUT2D eigenvalue weighted by Gasteiger charge is -2.13. The second-order valence-corrected chi connectivity index (χ2v) is 8.79. The third-order valence-corrected chi connectivity index (χ3v) is 6.30. The van der Waals surface area contributed by atoms with Crippen molar-refractivity contribution in [3.63, 3.8) is 0 Å². The number of benzene rings is 1. The Bertz CT molecular complexity index is 1270. The van der Waals surface area contributed by atoms with E-state index in [4.69, 9.17) is 17.0 Å². The molecule has 0 aliphatic carbocycles. The summed E-state index contributed by atoms with van der Waals surface area (Å²) < 4.78 is 8.00. The van der Waals surface area contributed by atoms with Crippen LogP contribution in [0.25, 0.3) is 11.7 Å². The van der Waals surface area contributed by atoms with Gasteiger partial charge in [-0.25, -0.2) is 0 Å². The molecule has 1 aliphatic rings. The molecule has 0 atom stereocenters. The van der Waals surface area contributed by atoms with Gasteiger partial charge in [0.2, 0.25) is 5.88 Å². The van der Waals surface area contributed by atoms with Crippen molar-refractivity contribution in [1.82, 2.24) is 14.3 Å². The van der Waals surface area contributed by atoms with Crippen molar-refractivity contribution < 1.29 is 9.53 Å². The Balaban J connectivity index is 1.83. The Kier molecular flexibility index (Phi) is 6.20. The van der Waals surface area contributed by atoms with Gasteiger partial charge in [0.15, 0.2) is 0 Å². The molecule has 0 radical (unpaired) electrons. The minimum Gasteiger partial charge on any atom is -0.438 e. The third kappa shape index (κ3) is 4.26. The van der Waals surface area contributed by atoms with E-state index in [1.807, 2.05) is 31.2 Å². The fourth-order valence-corrected chi connectivity index (χ4v) is 4.49. The number of aromatic nitrogens is 2. The van der Waals surface area contributed by atoms with Crippen molar-refractivity contribution in [3.05, 3.63) is 75.0 Å². The summed E-state index contributed by atoms with van der Waals surface area (Å²) in [5.74, 6) is 0.562. The number of rotatable bonds is 6. The lowest BCUT2D eigenvalue weighted by molar-refractivity contribution is -0.122. The molecule has 8 heteroatoms. The fraction of sp³-hybridized carbons (Fsp3) is 0.217. The number of carbonyl (C=O) groups excluding carboxylic acids is 1. The first-order valence-electron chi connectivity index (χ1n) is 10.00. The molecule has 1 aromatic carbocycles. The molecule has 158 valence electrons. The van der Waals surface area contributed by atoms with Crippen LogP contribution in [-0.2, 0) is 4.79 Å². The van der Waals surface area contributed by atoms with Crippen molar-refractivity contribution in [1.29, 1.82) is 0 Å². The van der Waals surface area contributed by atoms with E-state index in [2.05, 4.69) is 11.9 Å². The van der Waals surface area contributed by atoms with Crippen LogP contribution in [0.2, 0.25) is 0 Å². The number of thioether (sulfide) groups is 1. The zero-order valence-corrected chi connectivity index (χ0v) is 18.8. The maximum atomic E-state index is 13.3. The molecule has 1 fully saturated rings. The average molecular weight is 452 g/mol. The molecular formula is C23H21N3O3S2. The summed E-state index contributed by atoms with van der Waals surface area (Å²) in [6, 6.07) is 12.8. The number of hydrogen-bond acceptors (Lipinski definition) is 6. The van der Waals surface area contributed by atoms with Crippen LogP contribution in [0.4, 0.5) is 0 Å². The predicted octanol–water partition coefficient (Wildman–Crippen LogP) is 4.80. The number of amides is 1. The van der Waals surface area contributed by atoms with Crippen LogP contribution < -0.4 is 10.3 Å². The number of nitrogens with zero attached hydrogens (tertiary/aromatic N) is 3. The minimum atomic E-state index is -0.312. The molecule has 2 aromatic heterocycles. The summed E-state index contributed by atoms with van der Waals surface area (Å²) in [6.07, 6.45) is 5.02. The summed E-state index contributed by atoms with van der Waals surface area (Å²) >= 11 is 6.58. The lowest BCUT2D eigenvalue weighted by atomic mass is 10.2. The van der Waals surface area contributed by atoms with Gasteiger partial charge >= 0.3 is 0 Å². The SMILES string of the molecule is CCCCN1C(=O)/C(=C\c2c(Oc3ccccc3C)nc3ccccn3c2=O)SC1=S. The fourth-order valence-electron chi connectivity index (χ4n) is 3.20. The number of para-hydroxylation sites is 1. The molecule has 3 heterocycles. The van der Waals surface area contributed by atoms with Crippen molar-refractivity contribution in [2.75, 3.05) is 6.54 Å². The molecule has 1 aliphatic heterocycles. The Morgan fingerprint density at radius 3 is 2.71 bits per heavy atom. The highest BCUT2D eigenvalue weighted by atomic mass is 32.2. The van der Waals surface area contributed by atoms with E-state index in [1.165, 1.54) is 16.2 Å². The van der Waals surface area contributed by atoms with Crippen molar-refractivity contribution in [2.24, 2.45) is 0 Å². The molecule has 0 bridgehead atoms. The zero-order valence-electron chi connectivity index (χ0n) is 17.2. The largest absolute Gasteiger partial charge is 0.438 e. The molecule has 6 nitrogen and oxygen atoms in total. The Morgan fingerprint density at radius 1 is 1.16 bits per heavy atom. The van der Waals surface area contributed by atoms with E-state index in [-0.39, 0.29) is 22.9 Å². The molecule has 0 saturated carbocycles. The second-order valence-electron chi connectivity index (χ2n) is 7.12. The highest BCUT2D eigenvalue weighted by Gasteiger charge is 2.32. The first-order valence-corrected chi connectivity index (χ1v) is 11.2. The predicted molar refractivity (Wildman–Crippen MR) is 128 cm³/mol. The van der Waals surface area contributed by atoms with E-state index < -0.39 is 0 Å². The summed E-state index contributed by atoms with van der Waals surface area (Å²) in [6.45, 7) is 4.55. The first-order chi connectivity index (χ1) is 15.0. The van der Waals surface area contributed by atoms with Gasteiger partial charge in [-0.3, -0.25) is 18.9 Å². The van der Waals surface area contributed by atoms with Crippen LogP contribution in [-0.4, -0.2) is 31.1 Å². The average Bonchev–Trinajstić information content (AvgIpc) is 3.03. The standard InChI is InChI=1S/C23H21N3O3S2/c1-3-4-12-26-22(28)18(31-23(26)30)14-16-20(29-17-10-6-5-9-15(17)2)24-19-11-7-8-13-25(19)21(16)27/h5-11,13-14H,3-4,12H2,1-2H3/b18-14+. The van der Waals surface area contributed by atoms with E-state index in [0.29, 0.717) is 27.2 Å². The monoisotopic (exact) mass is 451 g/mol. The Labute approximate surface area is 189 Å². The minimum absolute atomic E-state index is 0.157. The quantitative estimate of drug-likeness (QED) is 0.396. The molecule has 0 spiro atoms. The lowest BCUT2D eigenvalue weighted by Crippen LogP contribution is -2.29. The van der Waals surface area contributed by atoms with Crippen molar-refractivity contribution in [3.8, 4) is 11.6 Å². The van der Waals surface area contributed by atoms with Gasteiger partial charge in [0.25, 0.3) is 11.5 Å². The van der Waals surface area contributed by atoms with Gasteiger partial charge in [0, 0.05) is 12.7 Å². The molecule has 1 saturated heterocycles. The van der Waals surface area contributed by atoms with Crippen LogP contribution >= 0.6 is 24.0 Å². The number of pyridine rings is 1. The van der Waals surface area contributed by atoms with Gasteiger partial charge in [0.1, 0.15) is 21.3 Å². The van der Waals surface area contributed by atoms with Crippen LogP contribution in [0, 0.1) is 6.92 Å². The van der Waals surface area contributed by atoms with Crippen LogP contribution in [0.15, 0.2) is 58.4 Å². The number of unbranched alkanes of at least 4 members (excludes halogenated alkanes) is 1. The number of fused-ring (bicyclic) bond motifs is 1. The number of aryl methyl sites for hydroxylation is 1. The van der Waals surface area contributed by atoms with E-state index >= 15 is 0 Å². The second kappa shape index (κ2) is 9.03. The topological polar surface area (TPSA) is 63.9 Å². The molecule has 0 unspecified atom stereocenters. The van der Waals surface area contributed by atoms with Crippen molar-refractivity contribution in [2.45, 2.75) is 26.7 Å². The van der Waals surface area contributed by atoms with Crippen LogP contribution in [0.1, 0.15) is 30.9 Å². The molecule has 4 rings (SSSR count). The van der Waals surface area contributed by atoms with E-state index in [9.17, 15) is 9.59 Å². The van der Waals surface area contributed by atoms with Crippen LogP contribution in [0.5, 0.6) is 11.6 Å². The van der Waals surface area contributed by atoms with Gasteiger partial charge in [-0.2, -0.15) is 4.98 Å². The summed E-state index contributed by atoms with van der Waals surface area (Å²) in [4.78, 5) is 32.7. The van der Waals surface area contributed by atoms with Gasteiger partial charge in [0.05, 0.1) is 4.91 Å². The first kappa shape index (κ1) is 21.3. The number of hydrogen-bond donors (Lipinski definition) is 0. The van der Waals surface area contributed by atoms with Gasteiger partial charge in [-0.05, 0) is 43.2 Å². The van der Waals surface area contributed by atoms with Crippen LogP contribution in [0.3, 0.4) is 0 Å². The number of thiocarbonyl (C=S) groups is 1. The third-order valence-electron chi connectivity index (χ3n) is 4.92. The Hall–Kier alpha value is -2.97. The van der Waals surface area contributed by atoms with E-state index in [1.54, 1.807) is 35.4 Å². The smallest absolute Gasteiger partial charge is 0.269 e. The summed E-state index contributed by atoms with van der Waals surface area (Å²) in [5, 5.41) is 0. The molecule has 0 N–H and O–H groups in total. The highest BCUT2D eigenvalue weighted by molar-refractivity contribution is 8.26. The molecule has 3 aromatic rings. The normalized spacial score (nSPS) is 15.3. The maximum absolute atomic E-state index is 13.3. The molecular weight excluding hydrogens is 430 g/mol. The summed E-state index contributed by atoms with van der Waals surface area (Å²) in [5.41, 5.74) is 1.27. The van der Waals surface area contributed by atoms with Gasteiger partial charge < -0.3 is 4.74 Å². The Morgan fingerprint density at radius 2 is 1.94 bits per heavy atom. The van der Waals surface area contributed by atoms with E-state index in [0.717, 1.165) is 18.4 Å².